The summed E-state index contributed by atoms with van der Waals surface area (Å²) < 4.78 is 10.3. The van der Waals surface area contributed by atoms with Gasteiger partial charge in [0, 0.05) is 19.0 Å². The predicted molar refractivity (Wildman–Crippen MR) is 68.7 cm³/mol. The van der Waals surface area contributed by atoms with Crippen molar-refractivity contribution in [3.05, 3.63) is 29.8 Å². The van der Waals surface area contributed by atoms with E-state index >= 15 is 0 Å². The van der Waals surface area contributed by atoms with Crippen LogP contribution in [0.3, 0.4) is 0 Å². The van der Waals surface area contributed by atoms with Gasteiger partial charge in [0.15, 0.2) is 0 Å². The second-order valence-corrected chi connectivity index (χ2v) is 4.40. The van der Waals surface area contributed by atoms with Gasteiger partial charge in [-0.25, -0.2) is 0 Å². The lowest BCUT2D eigenvalue weighted by atomic mass is 9.89. The van der Waals surface area contributed by atoms with Crippen molar-refractivity contribution >= 4 is 5.97 Å². The minimum atomic E-state index is -0.140. The minimum absolute atomic E-state index is 0.0899. The van der Waals surface area contributed by atoms with Crippen molar-refractivity contribution < 1.29 is 14.3 Å². The van der Waals surface area contributed by atoms with Crippen LogP contribution in [0.15, 0.2) is 24.3 Å². The average molecular weight is 249 g/mol. The molecule has 1 N–H and O–H groups in total. The smallest absolute Gasteiger partial charge is 0.310 e. The fraction of sp³-hybridized carbons (Fsp3) is 0.500. The minimum Gasteiger partial charge on any atom is -0.494 e. The number of rotatable bonds is 4. The summed E-state index contributed by atoms with van der Waals surface area (Å²) in [6, 6.07) is 7.95. The van der Waals surface area contributed by atoms with Gasteiger partial charge in [0.1, 0.15) is 5.75 Å². The largest absolute Gasteiger partial charge is 0.494 e. The van der Waals surface area contributed by atoms with Gasteiger partial charge in [-0.2, -0.15) is 0 Å². The molecule has 1 aliphatic heterocycles. The Morgan fingerprint density at radius 3 is 2.67 bits per heavy atom. The van der Waals surface area contributed by atoms with E-state index < -0.39 is 0 Å². The fourth-order valence-corrected chi connectivity index (χ4v) is 2.41. The first kappa shape index (κ1) is 12.9. The molecule has 2 atom stereocenters. The summed E-state index contributed by atoms with van der Waals surface area (Å²) in [7, 11) is 1.44. The molecule has 2 rings (SSSR count). The number of esters is 1. The molecule has 98 valence electrons. The Balaban J connectivity index is 2.12. The lowest BCUT2D eigenvalue weighted by Gasteiger charge is -2.17. The van der Waals surface area contributed by atoms with Crippen molar-refractivity contribution in [1.82, 2.24) is 5.32 Å². The maximum atomic E-state index is 11.7. The molecule has 0 aliphatic carbocycles. The molecule has 1 aromatic carbocycles. The summed E-state index contributed by atoms with van der Waals surface area (Å²) in [4.78, 5) is 11.7. The summed E-state index contributed by atoms with van der Waals surface area (Å²) in [5.74, 6) is 0.821. The average Bonchev–Trinajstić information content (AvgIpc) is 2.88. The molecular weight excluding hydrogens is 230 g/mol. The van der Waals surface area contributed by atoms with Crippen molar-refractivity contribution in [3.8, 4) is 5.75 Å². The second-order valence-electron chi connectivity index (χ2n) is 4.40. The molecule has 0 spiro atoms. The zero-order valence-electron chi connectivity index (χ0n) is 10.8. The van der Waals surface area contributed by atoms with Gasteiger partial charge in [-0.1, -0.05) is 12.1 Å². The number of carbonyl (C=O) groups excluding carboxylic acids is 1. The summed E-state index contributed by atoms with van der Waals surface area (Å²) in [5, 5.41) is 3.24. The van der Waals surface area contributed by atoms with Crippen molar-refractivity contribution in [3.63, 3.8) is 0 Å². The van der Waals surface area contributed by atoms with E-state index in [4.69, 9.17) is 9.47 Å². The molecule has 1 aliphatic rings. The number of hydrogen-bond acceptors (Lipinski definition) is 4. The highest BCUT2D eigenvalue weighted by atomic mass is 16.5. The molecule has 0 saturated carbocycles. The number of methoxy groups -OCH3 is 1. The van der Waals surface area contributed by atoms with Crippen molar-refractivity contribution in [2.45, 2.75) is 12.8 Å². The SMILES string of the molecule is CCOc1ccc(C2CNCC2C(=O)OC)cc1. The van der Waals surface area contributed by atoms with Gasteiger partial charge in [0.25, 0.3) is 0 Å². The van der Waals surface area contributed by atoms with E-state index in [1.807, 2.05) is 31.2 Å². The van der Waals surface area contributed by atoms with Crippen molar-refractivity contribution in [1.29, 1.82) is 0 Å². The third kappa shape index (κ3) is 2.64. The highest BCUT2D eigenvalue weighted by Gasteiger charge is 2.34. The summed E-state index contributed by atoms with van der Waals surface area (Å²) >= 11 is 0. The maximum absolute atomic E-state index is 11.7. The van der Waals surface area contributed by atoms with Crippen LogP contribution in [-0.2, 0) is 9.53 Å². The van der Waals surface area contributed by atoms with E-state index in [0.717, 1.165) is 17.9 Å². The number of ether oxygens (including phenoxy) is 2. The summed E-state index contributed by atoms with van der Waals surface area (Å²) in [6.45, 7) is 4.12. The van der Waals surface area contributed by atoms with Gasteiger partial charge in [0.05, 0.1) is 19.6 Å². The number of nitrogens with one attached hydrogen (secondary N) is 1. The molecule has 1 fully saturated rings. The van der Waals surface area contributed by atoms with Crippen LogP contribution in [0.4, 0.5) is 0 Å². The first-order valence-electron chi connectivity index (χ1n) is 6.27. The van der Waals surface area contributed by atoms with Gasteiger partial charge in [-0.15, -0.1) is 0 Å². The van der Waals surface area contributed by atoms with E-state index in [1.165, 1.54) is 7.11 Å². The quantitative estimate of drug-likeness (QED) is 0.823. The molecule has 1 heterocycles. The monoisotopic (exact) mass is 249 g/mol. The molecule has 18 heavy (non-hydrogen) atoms. The lowest BCUT2D eigenvalue weighted by Crippen LogP contribution is -2.22. The topological polar surface area (TPSA) is 47.6 Å². The molecule has 0 amide bonds. The second kappa shape index (κ2) is 5.87. The molecule has 1 saturated heterocycles. The normalized spacial score (nSPS) is 22.8. The van der Waals surface area contributed by atoms with Gasteiger partial charge in [0.2, 0.25) is 0 Å². The number of hydrogen-bond donors (Lipinski definition) is 1. The highest BCUT2D eigenvalue weighted by molar-refractivity contribution is 5.74. The molecule has 0 bridgehead atoms. The first-order valence-corrected chi connectivity index (χ1v) is 6.27. The van der Waals surface area contributed by atoms with Crippen LogP contribution in [0.2, 0.25) is 0 Å². The van der Waals surface area contributed by atoms with Gasteiger partial charge in [-0.3, -0.25) is 4.79 Å². The Morgan fingerprint density at radius 1 is 1.33 bits per heavy atom. The van der Waals surface area contributed by atoms with E-state index in [1.54, 1.807) is 0 Å². The van der Waals surface area contributed by atoms with Crippen LogP contribution < -0.4 is 10.1 Å². The van der Waals surface area contributed by atoms with E-state index in [2.05, 4.69) is 5.32 Å². The predicted octanol–water partition coefficient (Wildman–Crippen LogP) is 1.56. The summed E-state index contributed by atoms with van der Waals surface area (Å²) in [6.07, 6.45) is 0. The zero-order valence-corrected chi connectivity index (χ0v) is 10.8. The fourth-order valence-electron chi connectivity index (χ4n) is 2.41. The van der Waals surface area contributed by atoms with E-state index in [-0.39, 0.29) is 17.8 Å². The van der Waals surface area contributed by atoms with Crippen LogP contribution in [-0.4, -0.2) is 32.8 Å². The van der Waals surface area contributed by atoms with Gasteiger partial charge < -0.3 is 14.8 Å². The molecule has 4 heteroatoms. The molecule has 1 aromatic rings. The van der Waals surface area contributed by atoms with Crippen LogP contribution in [0, 0.1) is 5.92 Å². The van der Waals surface area contributed by atoms with Crippen LogP contribution in [0.5, 0.6) is 5.75 Å². The molecular formula is C14H19NO3. The van der Waals surface area contributed by atoms with Gasteiger partial charge in [-0.05, 0) is 24.6 Å². The number of benzene rings is 1. The Hall–Kier alpha value is -1.55. The van der Waals surface area contributed by atoms with Crippen molar-refractivity contribution in [2.24, 2.45) is 5.92 Å². The first-order chi connectivity index (χ1) is 8.76. The van der Waals surface area contributed by atoms with Crippen LogP contribution in [0.25, 0.3) is 0 Å². The van der Waals surface area contributed by atoms with E-state index in [9.17, 15) is 4.79 Å². The zero-order chi connectivity index (χ0) is 13.0. The maximum Gasteiger partial charge on any atom is 0.310 e. The highest BCUT2D eigenvalue weighted by Crippen LogP contribution is 2.30. The van der Waals surface area contributed by atoms with Crippen LogP contribution >= 0.6 is 0 Å². The van der Waals surface area contributed by atoms with Gasteiger partial charge >= 0.3 is 5.97 Å². The Morgan fingerprint density at radius 2 is 2.06 bits per heavy atom. The Kier molecular flexibility index (Phi) is 4.20. The van der Waals surface area contributed by atoms with Crippen LogP contribution in [0.1, 0.15) is 18.4 Å². The number of carbonyl (C=O) groups is 1. The molecule has 0 aromatic heterocycles. The Bertz CT molecular complexity index is 402. The molecule has 4 nitrogen and oxygen atoms in total. The van der Waals surface area contributed by atoms with E-state index in [0.29, 0.717) is 13.2 Å². The third-order valence-electron chi connectivity index (χ3n) is 3.34. The molecule has 2 unspecified atom stereocenters. The summed E-state index contributed by atoms with van der Waals surface area (Å²) in [5.41, 5.74) is 1.15. The third-order valence-corrected chi connectivity index (χ3v) is 3.34. The molecule has 0 radical (unpaired) electrons. The Labute approximate surface area is 107 Å². The standard InChI is InChI=1S/C14H19NO3/c1-3-18-11-6-4-10(5-7-11)12-8-15-9-13(12)14(16)17-2/h4-7,12-13,15H,3,8-9H2,1-2H3. The lowest BCUT2D eigenvalue weighted by molar-refractivity contribution is -0.145. The van der Waals surface area contributed by atoms with Crippen molar-refractivity contribution in [2.75, 3.05) is 26.8 Å².